The van der Waals surface area contributed by atoms with Gasteiger partial charge in [-0.2, -0.15) is 0 Å². The molecule has 1 aromatic heterocycles. The molecule has 1 unspecified atom stereocenters. The molecule has 0 bridgehead atoms. The van der Waals surface area contributed by atoms with Gasteiger partial charge in [-0.05, 0) is 5.56 Å². The zero-order valence-electron chi connectivity index (χ0n) is 9.91. The van der Waals surface area contributed by atoms with Gasteiger partial charge in [-0.1, -0.05) is 30.3 Å². The molecular weight excluding hydrogens is 214 g/mol. The molecule has 2 rings (SSSR count). The van der Waals surface area contributed by atoms with Crippen LogP contribution in [-0.4, -0.2) is 15.7 Å². The van der Waals surface area contributed by atoms with Crippen LogP contribution in [0.4, 0.5) is 0 Å². The minimum atomic E-state index is -0.000573. The smallest absolute Gasteiger partial charge is 0.327 e. The van der Waals surface area contributed by atoms with Crippen molar-refractivity contribution in [3.8, 4) is 0 Å². The number of nitrogens with zero attached hydrogens (tertiary/aromatic N) is 2. The van der Waals surface area contributed by atoms with Gasteiger partial charge in [0.1, 0.15) is 0 Å². The van der Waals surface area contributed by atoms with Crippen molar-refractivity contribution in [2.75, 3.05) is 6.54 Å². The van der Waals surface area contributed by atoms with E-state index in [-0.39, 0.29) is 11.6 Å². The Morgan fingerprint density at radius 3 is 2.47 bits per heavy atom. The second kappa shape index (κ2) is 5.01. The maximum absolute atomic E-state index is 11.7. The summed E-state index contributed by atoms with van der Waals surface area (Å²) in [7, 11) is 1.75. The summed E-state index contributed by atoms with van der Waals surface area (Å²) in [5, 5.41) is 0. The Bertz CT molecular complexity index is 527. The average molecular weight is 231 g/mol. The van der Waals surface area contributed by atoms with E-state index in [9.17, 15) is 4.79 Å². The van der Waals surface area contributed by atoms with Gasteiger partial charge in [0.2, 0.25) is 0 Å². The van der Waals surface area contributed by atoms with Gasteiger partial charge in [-0.3, -0.25) is 4.57 Å². The zero-order valence-corrected chi connectivity index (χ0v) is 9.91. The first-order valence-corrected chi connectivity index (χ1v) is 5.69. The van der Waals surface area contributed by atoms with Gasteiger partial charge in [0.25, 0.3) is 0 Å². The number of aromatic nitrogens is 2. The van der Waals surface area contributed by atoms with E-state index >= 15 is 0 Å². The Balaban J connectivity index is 2.22. The summed E-state index contributed by atoms with van der Waals surface area (Å²) in [5.41, 5.74) is 6.96. The van der Waals surface area contributed by atoms with Crippen LogP contribution < -0.4 is 11.4 Å². The fourth-order valence-electron chi connectivity index (χ4n) is 1.93. The highest BCUT2D eigenvalue weighted by atomic mass is 16.1. The first-order chi connectivity index (χ1) is 8.22. The number of hydrogen-bond donors (Lipinski definition) is 1. The lowest BCUT2D eigenvalue weighted by molar-refractivity contribution is 0.546. The first kappa shape index (κ1) is 11.7. The Morgan fingerprint density at radius 1 is 1.24 bits per heavy atom. The average Bonchev–Trinajstić information content (AvgIpc) is 2.68. The molecule has 2 N–H and O–H groups in total. The highest BCUT2D eigenvalue weighted by molar-refractivity contribution is 5.19. The molecule has 0 saturated carbocycles. The van der Waals surface area contributed by atoms with Crippen molar-refractivity contribution in [3.05, 3.63) is 58.8 Å². The lowest BCUT2D eigenvalue weighted by Gasteiger charge is -2.15. The Hall–Kier alpha value is -1.81. The normalized spacial score (nSPS) is 12.6. The van der Waals surface area contributed by atoms with Crippen molar-refractivity contribution >= 4 is 0 Å². The van der Waals surface area contributed by atoms with Crippen LogP contribution in [0.2, 0.25) is 0 Å². The highest BCUT2D eigenvalue weighted by Crippen LogP contribution is 2.15. The van der Waals surface area contributed by atoms with Crippen LogP contribution in [0.5, 0.6) is 0 Å². The number of rotatable bonds is 4. The Labute approximate surface area is 100 Å². The van der Waals surface area contributed by atoms with Crippen LogP contribution >= 0.6 is 0 Å². The predicted molar refractivity (Wildman–Crippen MR) is 67.9 cm³/mol. The van der Waals surface area contributed by atoms with Crippen LogP contribution in [0.25, 0.3) is 0 Å². The molecule has 0 radical (unpaired) electrons. The number of nitrogens with two attached hydrogens (primary N) is 1. The molecule has 1 heterocycles. The summed E-state index contributed by atoms with van der Waals surface area (Å²) in [5.74, 6) is 0.177. The van der Waals surface area contributed by atoms with Crippen molar-refractivity contribution < 1.29 is 0 Å². The summed E-state index contributed by atoms with van der Waals surface area (Å²) in [6.45, 7) is 1.16. The highest BCUT2D eigenvalue weighted by Gasteiger charge is 2.11. The standard InChI is InChI=1S/C13H17N3O/c1-15-7-8-16(13(15)17)10-12(9-14)11-5-3-2-4-6-11/h2-8,12H,9-10,14H2,1H3. The zero-order chi connectivity index (χ0) is 12.3. The van der Waals surface area contributed by atoms with Gasteiger partial charge in [0, 0.05) is 38.4 Å². The summed E-state index contributed by atoms with van der Waals surface area (Å²) in [6, 6.07) is 10.1. The lowest BCUT2D eigenvalue weighted by Crippen LogP contribution is -2.27. The molecule has 1 aromatic carbocycles. The van der Waals surface area contributed by atoms with Crippen molar-refractivity contribution in [2.24, 2.45) is 12.8 Å². The molecule has 4 heteroatoms. The van der Waals surface area contributed by atoms with Crippen molar-refractivity contribution in [1.29, 1.82) is 0 Å². The van der Waals surface area contributed by atoms with E-state index in [0.29, 0.717) is 13.1 Å². The SMILES string of the molecule is Cn1ccn(CC(CN)c2ccccc2)c1=O. The first-order valence-electron chi connectivity index (χ1n) is 5.69. The molecule has 0 spiro atoms. The minimum absolute atomic E-state index is 0.000573. The lowest BCUT2D eigenvalue weighted by atomic mass is 9.99. The van der Waals surface area contributed by atoms with Gasteiger partial charge in [-0.25, -0.2) is 4.79 Å². The maximum atomic E-state index is 11.7. The van der Waals surface area contributed by atoms with Gasteiger partial charge >= 0.3 is 5.69 Å². The van der Waals surface area contributed by atoms with Crippen LogP contribution in [0.15, 0.2) is 47.5 Å². The van der Waals surface area contributed by atoms with E-state index in [0.717, 1.165) is 0 Å². The molecule has 0 aliphatic rings. The van der Waals surface area contributed by atoms with E-state index in [2.05, 4.69) is 0 Å². The van der Waals surface area contributed by atoms with E-state index < -0.39 is 0 Å². The number of hydrogen-bond acceptors (Lipinski definition) is 2. The van der Waals surface area contributed by atoms with E-state index in [1.807, 2.05) is 30.3 Å². The molecule has 1 atom stereocenters. The van der Waals surface area contributed by atoms with Gasteiger partial charge < -0.3 is 10.3 Å². The summed E-state index contributed by atoms with van der Waals surface area (Å²) in [4.78, 5) is 11.7. The topological polar surface area (TPSA) is 52.9 Å². The molecule has 4 nitrogen and oxygen atoms in total. The molecular formula is C13H17N3O. The van der Waals surface area contributed by atoms with Crippen LogP contribution in [0, 0.1) is 0 Å². The van der Waals surface area contributed by atoms with E-state index in [1.165, 1.54) is 5.56 Å². The summed E-state index contributed by atoms with van der Waals surface area (Å²) < 4.78 is 3.27. The molecule has 2 aromatic rings. The fraction of sp³-hybridized carbons (Fsp3) is 0.308. The third kappa shape index (κ3) is 2.47. The van der Waals surface area contributed by atoms with Crippen LogP contribution in [0.3, 0.4) is 0 Å². The van der Waals surface area contributed by atoms with E-state index in [1.54, 1.807) is 28.6 Å². The maximum Gasteiger partial charge on any atom is 0.327 e. The van der Waals surface area contributed by atoms with Crippen molar-refractivity contribution in [1.82, 2.24) is 9.13 Å². The van der Waals surface area contributed by atoms with Crippen molar-refractivity contribution in [2.45, 2.75) is 12.5 Å². The van der Waals surface area contributed by atoms with Gasteiger partial charge in [-0.15, -0.1) is 0 Å². The number of benzene rings is 1. The Morgan fingerprint density at radius 2 is 1.94 bits per heavy atom. The minimum Gasteiger partial charge on any atom is -0.330 e. The van der Waals surface area contributed by atoms with Gasteiger partial charge in [0.05, 0.1) is 0 Å². The summed E-state index contributed by atoms with van der Waals surface area (Å²) in [6.07, 6.45) is 3.56. The van der Waals surface area contributed by atoms with Crippen LogP contribution in [0.1, 0.15) is 11.5 Å². The quantitative estimate of drug-likeness (QED) is 0.851. The second-order valence-electron chi connectivity index (χ2n) is 4.19. The van der Waals surface area contributed by atoms with Crippen molar-refractivity contribution in [3.63, 3.8) is 0 Å². The molecule has 0 aliphatic carbocycles. The molecule has 90 valence electrons. The van der Waals surface area contributed by atoms with E-state index in [4.69, 9.17) is 5.73 Å². The number of imidazole rings is 1. The van der Waals surface area contributed by atoms with Crippen LogP contribution in [-0.2, 0) is 13.6 Å². The molecule has 0 fully saturated rings. The summed E-state index contributed by atoms with van der Waals surface area (Å²) >= 11 is 0. The number of aryl methyl sites for hydroxylation is 1. The third-order valence-corrected chi connectivity index (χ3v) is 2.99. The molecule has 0 aliphatic heterocycles. The molecule has 0 amide bonds. The largest absolute Gasteiger partial charge is 0.330 e. The predicted octanol–water partition coefficient (Wildman–Crippen LogP) is 0.929. The second-order valence-corrected chi connectivity index (χ2v) is 4.19. The molecule has 17 heavy (non-hydrogen) atoms. The fourth-order valence-corrected chi connectivity index (χ4v) is 1.93. The molecule has 0 saturated heterocycles. The third-order valence-electron chi connectivity index (χ3n) is 2.99. The Kier molecular flexibility index (Phi) is 3.44. The monoisotopic (exact) mass is 231 g/mol. The van der Waals surface area contributed by atoms with Gasteiger partial charge in [0.15, 0.2) is 0 Å².